The van der Waals surface area contributed by atoms with Gasteiger partial charge in [-0.3, -0.25) is 9.59 Å². The van der Waals surface area contributed by atoms with E-state index in [1.165, 1.54) is 19.3 Å². The number of allylic oxidation sites excluding steroid dienone is 32. The number of carboxylic acids is 1. The summed E-state index contributed by atoms with van der Waals surface area (Å²) in [5, 5.41) is 9.73. The Hall–Kier alpha value is -5.87. The molecule has 0 aliphatic heterocycles. The van der Waals surface area contributed by atoms with E-state index in [0.717, 1.165) is 161 Å². The van der Waals surface area contributed by atoms with Crippen molar-refractivity contribution < 1.29 is 42.9 Å². The minimum absolute atomic E-state index is 0.171. The van der Waals surface area contributed by atoms with E-state index in [9.17, 15) is 19.5 Å². The van der Waals surface area contributed by atoms with Gasteiger partial charge in [0.15, 0.2) is 6.10 Å². The van der Waals surface area contributed by atoms with Crippen molar-refractivity contribution in [2.24, 2.45) is 0 Å². The lowest BCUT2D eigenvalue weighted by Gasteiger charge is -2.25. The molecule has 1 N–H and O–H groups in total. The molecule has 2 unspecified atom stereocenters. The largest absolute Gasteiger partial charge is 0.477 e. The maximum absolute atomic E-state index is 12.9. The molecule has 0 saturated heterocycles. The van der Waals surface area contributed by atoms with Crippen LogP contribution >= 0.6 is 0 Å². The van der Waals surface area contributed by atoms with Gasteiger partial charge in [-0.1, -0.05) is 260 Å². The average Bonchev–Trinajstić information content (AvgIpc) is 3.59. The second-order valence-corrected chi connectivity index (χ2v) is 22.7. The van der Waals surface area contributed by atoms with E-state index >= 15 is 0 Å². The monoisotopic (exact) mass is 1200 g/mol. The predicted molar refractivity (Wildman–Crippen MR) is 372 cm³/mol. The lowest BCUT2D eigenvalue weighted by Crippen LogP contribution is -2.40. The number of quaternary nitrogens is 1. The van der Waals surface area contributed by atoms with E-state index in [4.69, 9.17) is 18.9 Å². The van der Waals surface area contributed by atoms with E-state index in [1.54, 1.807) is 0 Å². The van der Waals surface area contributed by atoms with Gasteiger partial charge < -0.3 is 28.5 Å². The summed E-state index contributed by atoms with van der Waals surface area (Å²) in [4.78, 5) is 37.5. The molecule has 0 aromatic rings. The van der Waals surface area contributed by atoms with Gasteiger partial charge in [-0.25, -0.2) is 4.79 Å². The zero-order valence-corrected chi connectivity index (χ0v) is 55.3. The highest BCUT2D eigenvalue weighted by molar-refractivity contribution is 5.71. The van der Waals surface area contributed by atoms with E-state index < -0.39 is 24.3 Å². The van der Waals surface area contributed by atoms with Crippen LogP contribution in [0.15, 0.2) is 194 Å². The normalized spacial score (nSPS) is 14.0. The minimum Gasteiger partial charge on any atom is -0.477 e. The Balaban J connectivity index is 4.25. The number of likely N-dealkylation sites (N-methyl/N-ethyl adjacent to an activating group) is 1. The van der Waals surface area contributed by atoms with E-state index in [-0.39, 0.29) is 38.6 Å². The molecule has 0 radical (unpaired) electrons. The number of hydrogen-bond acceptors (Lipinski definition) is 7. The number of ether oxygens (including phenoxy) is 4. The number of unbranched alkanes of at least 4 members (excludes halogenated alkanes) is 12. The zero-order chi connectivity index (χ0) is 63.3. The van der Waals surface area contributed by atoms with Crippen molar-refractivity contribution in [1.82, 2.24) is 0 Å². The number of carbonyl (C=O) groups excluding carboxylic acids is 2. The number of rotatable bonds is 59. The van der Waals surface area contributed by atoms with Crippen LogP contribution in [-0.2, 0) is 33.3 Å². The number of esters is 2. The lowest BCUT2D eigenvalue weighted by molar-refractivity contribution is -0.870. The number of aliphatic carboxylic acids is 1. The summed E-state index contributed by atoms with van der Waals surface area (Å²) in [6.45, 7) is 4.58. The molecule has 0 amide bonds. The van der Waals surface area contributed by atoms with Crippen molar-refractivity contribution >= 4 is 17.9 Å². The summed E-state index contributed by atoms with van der Waals surface area (Å²) in [5.74, 6) is -2.07. The molecular weight excluding hydrogens is 1080 g/mol. The standard InChI is InChI=1S/C78H121NO8/c1-6-8-10-12-14-16-18-20-22-24-26-28-29-30-31-32-33-34-35-36-37-38-39-40-41-42-43-44-45-46-47-49-51-53-55-57-59-61-63-65-67-69-76(81)87-74(73-86-78(77(82)83)84-71-70-79(3,4)5)72-85-75(80)68-66-64-62-60-58-56-54-52-50-48-27-25-23-21-19-17-15-13-11-9-7-2/h8-11,14-17,20-23,26-28,30-31,33-34,36-37,39-40,42-43,45-46,48-49,51-52,54,74,78H,6-7,12-13,18-19,24-25,29,32,35,38,41,44,47,50,53,55-73H2,1-5H3/p+1/b10-8-,11-9-,16-14-,17-15-,22-20-,23-21-,28-26-,31-30-,34-33-,37-36-,40-39-,43-42-,46-45-,48-27-,51-49-,54-52-. The highest BCUT2D eigenvalue weighted by Gasteiger charge is 2.25. The molecule has 0 rings (SSSR count). The first-order valence-electron chi connectivity index (χ1n) is 33.6. The molecule has 0 aliphatic rings. The molecular formula is C78H122NO8+. The van der Waals surface area contributed by atoms with Gasteiger partial charge in [0.25, 0.3) is 6.29 Å². The third-order valence-corrected chi connectivity index (χ3v) is 13.3. The quantitative estimate of drug-likeness (QED) is 0.0211. The highest BCUT2D eigenvalue weighted by atomic mass is 16.7. The van der Waals surface area contributed by atoms with Crippen molar-refractivity contribution in [3.8, 4) is 0 Å². The van der Waals surface area contributed by atoms with Gasteiger partial charge in [0.05, 0.1) is 34.4 Å². The SMILES string of the molecule is CC/C=C\C/C=C\C/C=C\C/C=C\C/C=C\C/C=C\C/C=C\C/C=C\C/C=C\C/C=C\C/C=C\CCCCCCCCCC(=O)OC(COC(=O)CCCCCCC/C=C\C/C=C\C/C=C\C/C=C\C/C=C\CC)COC(OCC[N+](C)(C)C)C(=O)O. The van der Waals surface area contributed by atoms with Gasteiger partial charge in [0.2, 0.25) is 0 Å². The predicted octanol–water partition coefficient (Wildman–Crippen LogP) is 21.0. The number of hydrogen-bond donors (Lipinski definition) is 1. The van der Waals surface area contributed by atoms with Crippen LogP contribution in [0.25, 0.3) is 0 Å². The van der Waals surface area contributed by atoms with Crippen molar-refractivity contribution in [3.05, 3.63) is 194 Å². The first-order valence-corrected chi connectivity index (χ1v) is 33.6. The molecule has 0 saturated carbocycles. The Bertz CT molecular complexity index is 2130. The van der Waals surface area contributed by atoms with Crippen LogP contribution in [0.4, 0.5) is 0 Å². The van der Waals surface area contributed by atoms with Crippen LogP contribution < -0.4 is 0 Å². The Labute approximate surface area is 532 Å². The maximum atomic E-state index is 12.9. The van der Waals surface area contributed by atoms with Gasteiger partial charge in [-0.15, -0.1) is 0 Å². The highest BCUT2D eigenvalue weighted by Crippen LogP contribution is 2.14. The van der Waals surface area contributed by atoms with E-state index in [2.05, 4.69) is 208 Å². The third kappa shape index (κ3) is 67.5. The van der Waals surface area contributed by atoms with E-state index in [0.29, 0.717) is 23.9 Å². The van der Waals surface area contributed by atoms with Gasteiger partial charge in [-0.05, 0) is 141 Å². The van der Waals surface area contributed by atoms with Crippen LogP contribution in [0, 0.1) is 0 Å². The Morgan fingerprint density at radius 1 is 0.345 bits per heavy atom. The van der Waals surface area contributed by atoms with E-state index in [1.807, 2.05) is 21.1 Å². The molecule has 486 valence electrons. The van der Waals surface area contributed by atoms with Crippen LogP contribution in [0.1, 0.15) is 219 Å². The molecule has 0 spiro atoms. The smallest absolute Gasteiger partial charge is 0.361 e. The molecule has 0 aliphatic carbocycles. The van der Waals surface area contributed by atoms with Crippen LogP contribution in [0.2, 0.25) is 0 Å². The third-order valence-electron chi connectivity index (χ3n) is 13.3. The van der Waals surface area contributed by atoms with Gasteiger partial charge in [0, 0.05) is 12.8 Å². The number of nitrogens with zero attached hydrogens (tertiary/aromatic N) is 1. The summed E-state index contributed by atoms with van der Waals surface area (Å²) < 4.78 is 22.9. The molecule has 0 heterocycles. The Kier molecular flexibility index (Phi) is 61.6. The second-order valence-electron chi connectivity index (χ2n) is 22.7. The fourth-order valence-corrected chi connectivity index (χ4v) is 8.28. The summed E-state index contributed by atoms with van der Waals surface area (Å²) in [5.41, 5.74) is 0. The second kappa shape index (κ2) is 66.1. The molecule has 87 heavy (non-hydrogen) atoms. The fourth-order valence-electron chi connectivity index (χ4n) is 8.28. The van der Waals surface area contributed by atoms with Crippen molar-refractivity contribution in [2.75, 3.05) is 47.5 Å². The molecule has 9 nitrogen and oxygen atoms in total. The number of carbonyl (C=O) groups is 3. The fraction of sp³-hybridized carbons (Fsp3) is 0.551. The van der Waals surface area contributed by atoms with Gasteiger partial charge >= 0.3 is 17.9 Å². The lowest BCUT2D eigenvalue weighted by atomic mass is 10.1. The molecule has 0 bridgehead atoms. The molecule has 0 fully saturated rings. The van der Waals surface area contributed by atoms with Gasteiger partial charge in [0.1, 0.15) is 13.2 Å². The molecule has 9 heteroatoms. The maximum Gasteiger partial charge on any atom is 0.361 e. The summed E-state index contributed by atoms with van der Waals surface area (Å²) in [7, 11) is 5.95. The number of carboxylic acid groups (broad SMARTS) is 1. The average molecular weight is 1200 g/mol. The van der Waals surface area contributed by atoms with Crippen LogP contribution in [-0.4, -0.2) is 87.4 Å². The zero-order valence-electron chi connectivity index (χ0n) is 55.3. The van der Waals surface area contributed by atoms with Crippen molar-refractivity contribution in [2.45, 2.75) is 232 Å². The van der Waals surface area contributed by atoms with Crippen molar-refractivity contribution in [3.63, 3.8) is 0 Å². The van der Waals surface area contributed by atoms with Crippen LogP contribution in [0.5, 0.6) is 0 Å². The summed E-state index contributed by atoms with van der Waals surface area (Å²) in [6, 6.07) is 0. The Morgan fingerprint density at radius 3 is 0.920 bits per heavy atom. The topological polar surface area (TPSA) is 108 Å². The van der Waals surface area contributed by atoms with Gasteiger partial charge in [-0.2, -0.15) is 0 Å². The van der Waals surface area contributed by atoms with Crippen LogP contribution in [0.3, 0.4) is 0 Å². The first-order chi connectivity index (χ1) is 42.6. The summed E-state index contributed by atoms with van der Waals surface area (Å²) in [6.07, 6.45) is 99.6. The molecule has 2 atom stereocenters. The molecule has 0 aromatic heterocycles. The minimum atomic E-state index is -1.53. The summed E-state index contributed by atoms with van der Waals surface area (Å²) >= 11 is 0. The molecule has 0 aromatic carbocycles. The Morgan fingerprint density at radius 2 is 0.621 bits per heavy atom. The van der Waals surface area contributed by atoms with Crippen molar-refractivity contribution in [1.29, 1.82) is 0 Å². The first kappa shape index (κ1) is 81.1.